The molecule has 88 valence electrons. The average molecular weight is 220 g/mol. The zero-order chi connectivity index (χ0) is 11.4. The third kappa shape index (κ3) is 2.60. The molecule has 16 heavy (non-hydrogen) atoms. The standard InChI is InChI=1S/C13H20N2O/c1-10(11-6-8-14-9-7-11)15-12-4-3-5-13(12)16-2/h6-10,12-13,15H,3-5H2,1-2H3. The van der Waals surface area contributed by atoms with E-state index in [0.717, 1.165) is 0 Å². The molecule has 1 fully saturated rings. The Labute approximate surface area is 97.2 Å². The fourth-order valence-corrected chi connectivity index (χ4v) is 2.47. The van der Waals surface area contributed by atoms with Gasteiger partial charge in [-0.25, -0.2) is 0 Å². The molecule has 0 aliphatic heterocycles. The van der Waals surface area contributed by atoms with Crippen molar-refractivity contribution >= 4 is 0 Å². The van der Waals surface area contributed by atoms with E-state index in [1.54, 1.807) is 0 Å². The van der Waals surface area contributed by atoms with E-state index in [-0.39, 0.29) is 0 Å². The lowest BCUT2D eigenvalue weighted by molar-refractivity contribution is 0.0820. The fourth-order valence-electron chi connectivity index (χ4n) is 2.47. The zero-order valence-corrected chi connectivity index (χ0v) is 10.0. The summed E-state index contributed by atoms with van der Waals surface area (Å²) >= 11 is 0. The summed E-state index contributed by atoms with van der Waals surface area (Å²) in [5, 5.41) is 3.64. The smallest absolute Gasteiger partial charge is 0.0724 e. The molecule has 0 spiro atoms. The van der Waals surface area contributed by atoms with Crippen LogP contribution in [-0.2, 0) is 4.74 Å². The van der Waals surface area contributed by atoms with Crippen LogP contribution in [0.5, 0.6) is 0 Å². The molecular weight excluding hydrogens is 200 g/mol. The maximum absolute atomic E-state index is 5.49. The van der Waals surface area contributed by atoms with Gasteiger partial charge >= 0.3 is 0 Å². The van der Waals surface area contributed by atoms with Gasteiger partial charge < -0.3 is 10.1 Å². The van der Waals surface area contributed by atoms with Crippen LogP contribution in [0.2, 0.25) is 0 Å². The van der Waals surface area contributed by atoms with Gasteiger partial charge in [-0.3, -0.25) is 4.98 Å². The summed E-state index contributed by atoms with van der Waals surface area (Å²) < 4.78 is 5.49. The summed E-state index contributed by atoms with van der Waals surface area (Å²) in [4.78, 5) is 4.04. The molecule has 3 nitrogen and oxygen atoms in total. The molecular formula is C13H20N2O. The highest BCUT2D eigenvalue weighted by Gasteiger charge is 2.27. The SMILES string of the molecule is COC1CCCC1NC(C)c1ccncc1. The number of hydrogen-bond acceptors (Lipinski definition) is 3. The van der Waals surface area contributed by atoms with Crippen LogP contribution in [-0.4, -0.2) is 24.2 Å². The number of nitrogens with one attached hydrogen (secondary N) is 1. The fraction of sp³-hybridized carbons (Fsp3) is 0.615. The molecule has 3 heteroatoms. The molecule has 0 bridgehead atoms. The van der Waals surface area contributed by atoms with Crippen LogP contribution < -0.4 is 5.32 Å². The van der Waals surface area contributed by atoms with Crippen molar-refractivity contribution in [2.45, 2.75) is 44.4 Å². The van der Waals surface area contributed by atoms with Crippen LogP contribution in [0.25, 0.3) is 0 Å². The van der Waals surface area contributed by atoms with Crippen LogP contribution in [0.4, 0.5) is 0 Å². The molecule has 1 aliphatic rings. The Kier molecular flexibility index (Phi) is 3.91. The maximum Gasteiger partial charge on any atom is 0.0724 e. The molecule has 3 unspecified atom stereocenters. The molecule has 0 amide bonds. The monoisotopic (exact) mass is 220 g/mol. The van der Waals surface area contributed by atoms with Gasteiger partial charge in [-0.15, -0.1) is 0 Å². The number of pyridine rings is 1. The Morgan fingerprint density at radius 3 is 2.81 bits per heavy atom. The first kappa shape index (κ1) is 11.6. The predicted molar refractivity (Wildman–Crippen MR) is 64.2 cm³/mol. The second kappa shape index (κ2) is 5.41. The van der Waals surface area contributed by atoms with E-state index in [4.69, 9.17) is 4.74 Å². The van der Waals surface area contributed by atoms with E-state index >= 15 is 0 Å². The number of aromatic nitrogens is 1. The first-order valence-corrected chi connectivity index (χ1v) is 6.00. The van der Waals surface area contributed by atoms with Crippen LogP contribution in [0.15, 0.2) is 24.5 Å². The highest BCUT2D eigenvalue weighted by atomic mass is 16.5. The van der Waals surface area contributed by atoms with Crippen molar-refractivity contribution in [1.29, 1.82) is 0 Å². The zero-order valence-electron chi connectivity index (χ0n) is 10.0. The van der Waals surface area contributed by atoms with Gasteiger partial charge in [-0.2, -0.15) is 0 Å². The Balaban J connectivity index is 1.94. The first-order valence-electron chi connectivity index (χ1n) is 6.00. The van der Waals surface area contributed by atoms with Crippen molar-refractivity contribution in [2.75, 3.05) is 7.11 Å². The number of nitrogens with zero attached hydrogens (tertiary/aromatic N) is 1. The summed E-state index contributed by atoms with van der Waals surface area (Å²) in [6.45, 7) is 2.19. The number of rotatable bonds is 4. The summed E-state index contributed by atoms with van der Waals surface area (Å²) in [5.74, 6) is 0. The van der Waals surface area contributed by atoms with Crippen LogP contribution in [0.1, 0.15) is 37.8 Å². The van der Waals surface area contributed by atoms with Crippen LogP contribution >= 0.6 is 0 Å². The molecule has 0 saturated heterocycles. The van der Waals surface area contributed by atoms with Crippen LogP contribution in [0, 0.1) is 0 Å². The Hall–Kier alpha value is -0.930. The van der Waals surface area contributed by atoms with Gasteiger partial charge in [0.15, 0.2) is 0 Å². The quantitative estimate of drug-likeness (QED) is 0.845. The van der Waals surface area contributed by atoms with E-state index in [2.05, 4.69) is 29.4 Å². The first-order chi connectivity index (χ1) is 7.81. The van der Waals surface area contributed by atoms with E-state index in [9.17, 15) is 0 Å². The third-order valence-corrected chi connectivity index (χ3v) is 3.43. The van der Waals surface area contributed by atoms with Gasteiger partial charge in [0, 0.05) is 31.6 Å². The highest BCUT2D eigenvalue weighted by Crippen LogP contribution is 2.24. The molecule has 0 aromatic carbocycles. The summed E-state index contributed by atoms with van der Waals surface area (Å²) in [6, 6.07) is 4.99. The number of methoxy groups -OCH3 is 1. The minimum Gasteiger partial charge on any atom is -0.380 e. The Bertz CT molecular complexity index is 315. The lowest BCUT2D eigenvalue weighted by atomic mass is 10.1. The minimum absolute atomic E-state index is 0.365. The van der Waals surface area contributed by atoms with Gasteiger partial charge in [0.2, 0.25) is 0 Å². The van der Waals surface area contributed by atoms with Crippen molar-refractivity contribution in [3.63, 3.8) is 0 Å². The Morgan fingerprint density at radius 1 is 1.38 bits per heavy atom. The van der Waals surface area contributed by atoms with Crippen molar-refractivity contribution in [2.24, 2.45) is 0 Å². The second-order valence-corrected chi connectivity index (χ2v) is 4.48. The van der Waals surface area contributed by atoms with Gasteiger partial charge in [0.1, 0.15) is 0 Å². The van der Waals surface area contributed by atoms with Crippen LogP contribution in [0.3, 0.4) is 0 Å². The molecule has 2 rings (SSSR count). The third-order valence-electron chi connectivity index (χ3n) is 3.43. The number of ether oxygens (including phenoxy) is 1. The Morgan fingerprint density at radius 2 is 2.12 bits per heavy atom. The van der Waals surface area contributed by atoms with Gasteiger partial charge in [-0.05, 0) is 43.9 Å². The maximum atomic E-state index is 5.49. The lowest BCUT2D eigenvalue weighted by Gasteiger charge is -2.24. The summed E-state index contributed by atoms with van der Waals surface area (Å²) in [6.07, 6.45) is 7.72. The molecule has 1 heterocycles. The van der Waals surface area contributed by atoms with Gasteiger partial charge in [0.25, 0.3) is 0 Å². The van der Waals surface area contributed by atoms with Gasteiger partial charge in [0.05, 0.1) is 6.10 Å². The molecule has 1 saturated carbocycles. The largest absolute Gasteiger partial charge is 0.380 e. The molecule has 1 aliphatic carbocycles. The van der Waals surface area contributed by atoms with Crippen molar-refractivity contribution in [1.82, 2.24) is 10.3 Å². The van der Waals surface area contributed by atoms with Crippen molar-refractivity contribution in [3.05, 3.63) is 30.1 Å². The van der Waals surface area contributed by atoms with E-state index < -0.39 is 0 Å². The van der Waals surface area contributed by atoms with E-state index in [1.807, 2.05) is 19.5 Å². The van der Waals surface area contributed by atoms with E-state index in [0.29, 0.717) is 18.2 Å². The van der Waals surface area contributed by atoms with Gasteiger partial charge in [-0.1, -0.05) is 0 Å². The normalized spacial score (nSPS) is 26.9. The topological polar surface area (TPSA) is 34.1 Å². The summed E-state index contributed by atoms with van der Waals surface area (Å²) in [7, 11) is 1.81. The van der Waals surface area contributed by atoms with E-state index in [1.165, 1.54) is 24.8 Å². The van der Waals surface area contributed by atoms with Crippen molar-refractivity contribution < 1.29 is 4.74 Å². The predicted octanol–water partition coefficient (Wildman–Crippen LogP) is 2.30. The molecule has 1 aromatic heterocycles. The molecule has 3 atom stereocenters. The molecule has 1 aromatic rings. The lowest BCUT2D eigenvalue weighted by Crippen LogP contribution is -2.38. The van der Waals surface area contributed by atoms with Crippen molar-refractivity contribution in [3.8, 4) is 0 Å². The summed E-state index contributed by atoms with van der Waals surface area (Å²) in [5.41, 5.74) is 1.29. The molecule has 0 radical (unpaired) electrons. The second-order valence-electron chi connectivity index (χ2n) is 4.48. The highest BCUT2D eigenvalue weighted by molar-refractivity contribution is 5.14. The number of hydrogen-bond donors (Lipinski definition) is 1. The average Bonchev–Trinajstić information content (AvgIpc) is 2.77. The minimum atomic E-state index is 0.365. The molecule has 1 N–H and O–H groups in total.